The summed E-state index contributed by atoms with van der Waals surface area (Å²) in [5.41, 5.74) is 6.76. The minimum absolute atomic E-state index is 0.155. The predicted octanol–water partition coefficient (Wildman–Crippen LogP) is 2.88. The van der Waals surface area contributed by atoms with Gasteiger partial charge in [0.15, 0.2) is 0 Å². The summed E-state index contributed by atoms with van der Waals surface area (Å²) < 4.78 is 0. The average Bonchev–Trinajstić information content (AvgIpc) is 1.96. The first kappa shape index (κ1) is 9.85. The summed E-state index contributed by atoms with van der Waals surface area (Å²) in [6, 6.07) is 5.74. The molecule has 2 N–H and O–H groups in total. The van der Waals surface area contributed by atoms with Crippen molar-refractivity contribution in [2.75, 3.05) is 0 Å². The van der Waals surface area contributed by atoms with Crippen LogP contribution in [-0.2, 0) is 6.42 Å². The van der Waals surface area contributed by atoms with Crippen LogP contribution in [0.4, 0.5) is 0 Å². The second kappa shape index (κ2) is 4.13. The lowest BCUT2D eigenvalue weighted by Crippen LogP contribution is -2.17. The molecule has 1 unspecified atom stereocenters. The molecular weight excluding hydrogens is 193 g/mol. The van der Waals surface area contributed by atoms with E-state index in [4.69, 9.17) is 28.9 Å². The first-order chi connectivity index (χ1) is 5.59. The Morgan fingerprint density at radius 1 is 1.33 bits per heavy atom. The van der Waals surface area contributed by atoms with Gasteiger partial charge in [0.1, 0.15) is 0 Å². The van der Waals surface area contributed by atoms with Crippen molar-refractivity contribution in [1.82, 2.24) is 0 Å². The molecule has 1 aromatic carbocycles. The first-order valence-corrected chi connectivity index (χ1v) is 4.54. The van der Waals surface area contributed by atoms with Crippen LogP contribution in [0.1, 0.15) is 12.5 Å². The van der Waals surface area contributed by atoms with Gasteiger partial charge in [-0.2, -0.15) is 0 Å². The van der Waals surface area contributed by atoms with Crippen LogP contribution in [0.3, 0.4) is 0 Å². The summed E-state index contributed by atoms with van der Waals surface area (Å²) in [5.74, 6) is 0. The molecule has 0 aliphatic rings. The van der Waals surface area contributed by atoms with Gasteiger partial charge in [-0.1, -0.05) is 29.3 Å². The van der Waals surface area contributed by atoms with Crippen molar-refractivity contribution in [3.05, 3.63) is 33.8 Å². The number of halogens is 2. The second-order valence-electron chi connectivity index (χ2n) is 2.93. The quantitative estimate of drug-likeness (QED) is 0.787. The van der Waals surface area contributed by atoms with Crippen LogP contribution in [0.2, 0.25) is 10.0 Å². The van der Waals surface area contributed by atoms with Crippen LogP contribution in [0.25, 0.3) is 0 Å². The van der Waals surface area contributed by atoms with Crippen molar-refractivity contribution in [3.8, 4) is 0 Å². The SMILES string of the molecule is CC(N)Cc1ccc(Cl)c(Cl)c1. The maximum absolute atomic E-state index is 5.82. The lowest BCUT2D eigenvalue weighted by atomic mass is 10.1. The fourth-order valence-electron chi connectivity index (χ4n) is 1.04. The van der Waals surface area contributed by atoms with Crippen LogP contribution < -0.4 is 5.73 Å². The smallest absolute Gasteiger partial charge is 0.0595 e. The molecule has 0 spiro atoms. The monoisotopic (exact) mass is 203 g/mol. The normalized spacial score (nSPS) is 13.0. The maximum Gasteiger partial charge on any atom is 0.0595 e. The van der Waals surface area contributed by atoms with Gasteiger partial charge in [-0.25, -0.2) is 0 Å². The summed E-state index contributed by atoms with van der Waals surface area (Å²) in [5, 5.41) is 1.18. The summed E-state index contributed by atoms with van der Waals surface area (Å²) in [6.07, 6.45) is 0.830. The Morgan fingerprint density at radius 3 is 2.50 bits per heavy atom. The van der Waals surface area contributed by atoms with Crippen LogP contribution in [0.5, 0.6) is 0 Å². The standard InChI is InChI=1S/C9H11Cl2N/c1-6(12)4-7-2-3-8(10)9(11)5-7/h2-3,5-6H,4,12H2,1H3. The van der Waals surface area contributed by atoms with Crippen molar-refractivity contribution >= 4 is 23.2 Å². The van der Waals surface area contributed by atoms with E-state index >= 15 is 0 Å². The van der Waals surface area contributed by atoms with Gasteiger partial charge in [0, 0.05) is 6.04 Å². The molecule has 0 radical (unpaired) electrons. The van der Waals surface area contributed by atoms with E-state index in [1.165, 1.54) is 0 Å². The lowest BCUT2D eigenvalue weighted by molar-refractivity contribution is 0.738. The fourth-order valence-corrected chi connectivity index (χ4v) is 1.36. The number of hydrogen-bond donors (Lipinski definition) is 1. The van der Waals surface area contributed by atoms with Gasteiger partial charge in [-0.15, -0.1) is 0 Å². The summed E-state index contributed by atoms with van der Waals surface area (Å²) in [7, 11) is 0. The first-order valence-electron chi connectivity index (χ1n) is 3.79. The van der Waals surface area contributed by atoms with Crippen LogP contribution in [0.15, 0.2) is 18.2 Å². The minimum atomic E-state index is 0.155. The number of rotatable bonds is 2. The highest BCUT2D eigenvalue weighted by atomic mass is 35.5. The van der Waals surface area contributed by atoms with Gasteiger partial charge < -0.3 is 5.73 Å². The summed E-state index contributed by atoms with van der Waals surface area (Å²) in [4.78, 5) is 0. The molecule has 0 aliphatic heterocycles. The molecule has 0 fully saturated rings. The van der Waals surface area contributed by atoms with Crippen molar-refractivity contribution < 1.29 is 0 Å². The van der Waals surface area contributed by atoms with E-state index in [0.29, 0.717) is 10.0 Å². The molecule has 0 bridgehead atoms. The molecule has 1 aromatic rings. The van der Waals surface area contributed by atoms with Crippen molar-refractivity contribution in [1.29, 1.82) is 0 Å². The molecule has 1 rings (SSSR count). The predicted molar refractivity (Wildman–Crippen MR) is 53.8 cm³/mol. The highest BCUT2D eigenvalue weighted by Crippen LogP contribution is 2.22. The Bertz CT molecular complexity index is 271. The van der Waals surface area contributed by atoms with E-state index in [1.807, 2.05) is 19.1 Å². The third-order valence-corrected chi connectivity index (χ3v) is 2.28. The Balaban J connectivity index is 2.82. The largest absolute Gasteiger partial charge is 0.328 e. The number of nitrogens with two attached hydrogens (primary N) is 1. The van der Waals surface area contributed by atoms with E-state index in [0.717, 1.165) is 12.0 Å². The van der Waals surface area contributed by atoms with Gasteiger partial charge in [0.25, 0.3) is 0 Å². The molecule has 12 heavy (non-hydrogen) atoms. The van der Waals surface area contributed by atoms with E-state index in [-0.39, 0.29) is 6.04 Å². The third-order valence-electron chi connectivity index (χ3n) is 1.54. The van der Waals surface area contributed by atoms with Gasteiger partial charge in [0.05, 0.1) is 10.0 Å². The summed E-state index contributed by atoms with van der Waals surface area (Å²) >= 11 is 11.6. The van der Waals surface area contributed by atoms with E-state index in [1.54, 1.807) is 6.07 Å². The number of benzene rings is 1. The van der Waals surface area contributed by atoms with Crippen LogP contribution in [-0.4, -0.2) is 6.04 Å². The third kappa shape index (κ3) is 2.67. The number of hydrogen-bond acceptors (Lipinski definition) is 1. The van der Waals surface area contributed by atoms with Crippen molar-refractivity contribution in [2.45, 2.75) is 19.4 Å². The molecule has 3 heteroatoms. The van der Waals surface area contributed by atoms with Crippen LogP contribution in [0, 0.1) is 0 Å². The average molecular weight is 204 g/mol. The van der Waals surface area contributed by atoms with Crippen molar-refractivity contribution in [3.63, 3.8) is 0 Å². The molecule has 0 aromatic heterocycles. The van der Waals surface area contributed by atoms with E-state index in [9.17, 15) is 0 Å². The molecule has 0 amide bonds. The Hall–Kier alpha value is -0.240. The zero-order valence-electron chi connectivity index (χ0n) is 6.85. The molecule has 1 atom stereocenters. The molecule has 1 nitrogen and oxygen atoms in total. The Labute approximate surface area is 82.5 Å². The molecule has 0 heterocycles. The fraction of sp³-hybridized carbons (Fsp3) is 0.333. The Kier molecular flexibility index (Phi) is 3.39. The van der Waals surface area contributed by atoms with Crippen molar-refractivity contribution in [2.24, 2.45) is 5.73 Å². The second-order valence-corrected chi connectivity index (χ2v) is 3.74. The molecule has 0 saturated carbocycles. The lowest BCUT2D eigenvalue weighted by Gasteiger charge is -2.05. The zero-order valence-corrected chi connectivity index (χ0v) is 8.36. The van der Waals surface area contributed by atoms with Gasteiger partial charge >= 0.3 is 0 Å². The molecule has 66 valence electrons. The molecular formula is C9H11Cl2N. The highest BCUT2D eigenvalue weighted by Gasteiger charge is 2.01. The van der Waals surface area contributed by atoms with E-state index in [2.05, 4.69) is 0 Å². The topological polar surface area (TPSA) is 26.0 Å². The van der Waals surface area contributed by atoms with Gasteiger partial charge in [-0.3, -0.25) is 0 Å². The summed E-state index contributed by atoms with van der Waals surface area (Å²) in [6.45, 7) is 1.96. The van der Waals surface area contributed by atoms with Gasteiger partial charge in [-0.05, 0) is 31.0 Å². The minimum Gasteiger partial charge on any atom is -0.328 e. The Morgan fingerprint density at radius 2 is 2.00 bits per heavy atom. The maximum atomic E-state index is 5.82. The van der Waals surface area contributed by atoms with Crippen LogP contribution >= 0.6 is 23.2 Å². The van der Waals surface area contributed by atoms with E-state index < -0.39 is 0 Å². The molecule has 0 aliphatic carbocycles. The molecule has 0 saturated heterocycles. The zero-order chi connectivity index (χ0) is 9.14. The highest BCUT2D eigenvalue weighted by molar-refractivity contribution is 6.42. The van der Waals surface area contributed by atoms with Gasteiger partial charge in [0.2, 0.25) is 0 Å².